The van der Waals surface area contributed by atoms with Crippen LogP contribution in [0.4, 0.5) is 5.82 Å². The summed E-state index contributed by atoms with van der Waals surface area (Å²) in [6.45, 7) is 3.05. The van der Waals surface area contributed by atoms with Crippen molar-refractivity contribution in [3.8, 4) is 11.8 Å². The first kappa shape index (κ1) is 21.9. The molecule has 1 aromatic carbocycles. The standard InChI is InChI=1S/C21H23BrN4O4/c1-2-3-10-25-17(24-9-5-7-15(23)13-24)11-18(27)26(21(25)30)12-14-6-4-8-16(19(14)22)20(28)29/h4,6,8,11,15H,5,7,9-10,12-13,23H2,1H3,(H,28,29)/t15-/m1/s1. The Balaban J connectivity index is 2.09. The summed E-state index contributed by atoms with van der Waals surface area (Å²) in [5.74, 6) is 5.09. The molecule has 0 amide bonds. The summed E-state index contributed by atoms with van der Waals surface area (Å²) in [6.07, 6.45) is 1.79. The van der Waals surface area contributed by atoms with Crippen LogP contribution in [-0.2, 0) is 13.1 Å². The largest absolute Gasteiger partial charge is 0.478 e. The smallest absolute Gasteiger partial charge is 0.336 e. The molecule has 2 aromatic rings. The van der Waals surface area contributed by atoms with Gasteiger partial charge in [0.2, 0.25) is 0 Å². The molecule has 1 atom stereocenters. The van der Waals surface area contributed by atoms with Gasteiger partial charge < -0.3 is 15.7 Å². The third-order valence-corrected chi connectivity index (χ3v) is 6.03. The highest BCUT2D eigenvalue weighted by atomic mass is 79.9. The number of carboxylic acid groups (broad SMARTS) is 1. The summed E-state index contributed by atoms with van der Waals surface area (Å²) >= 11 is 3.28. The van der Waals surface area contributed by atoms with E-state index in [1.54, 1.807) is 19.1 Å². The lowest BCUT2D eigenvalue weighted by Gasteiger charge is -2.33. The van der Waals surface area contributed by atoms with Gasteiger partial charge in [0.15, 0.2) is 0 Å². The van der Waals surface area contributed by atoms with Gasteiger partial charge in [-0.3, -0.25) is 13.9 Å². The average Bonchev–Trinajstić information content (AvgIpc) is 2.71. The summed E-state index contributed by atoms with van der Waals surface area (Å²) in [6, 6.07) is 6.13. The van der Waals surface area contributed by atoms with E-state index < -0.39 is 17.2 Å². The molecule has 0 aliphatic carbocycles. The molecule has 8 nitrogen and oxygen atoms in total. The van der Waals surface area contributed by atoms with Crippen molar-refractivity contribution in [1.29, 1.82) is 0 Å². The highest BCUT2D eigenvalue weighted by molar-refractivity contribution is 9.10. The molecule has 2 heterocycles. The second-order valence-corrected chi connectivity index (χ2v) is 7.95. The summed E-state index contributed by atoms with van der Waals surface area (Å²) in [4.78, 5) is 39.5. The maximum Gasteiger partial charge on any atom is 0.336 e. The number of carboxylic acids is 1. The fraction of sp³-hybridized carbons (Fsp3) is 0.381. The second kappa shape index (κ2) is 9.32. The molecular weight excluding hydrogens is 452 g/mol. The Morgan fingerprint density at radius 3 is 2.77 bits per heavy atom. The van der Waals surface area contributed by atoms with Crippen molar-refractivity contribution >= 4 is 27.7 Å². The van der Waals surface area contributed by atoms with E-state index in [9.17, 15) is 19.5 Å². The van der Waals surface area contributed by atoms with Crippen LogP contribution < -0.4 is 21.9 Å². The monoisotopic (exact) mass is 474 g/mol. The highest BCUT2D eigenvalue weighted by Crippen LogP contribution is 2.23. The van der Waals surface area contributed by atoms with Crippen LogP contribution in [0.5, 0.6) is 0 Å². The van der Waals surface area contributed by atoms with E-state index in [0.29, 0.717) is 28.9 Å². The molecule has 1 aliphatic heterocycles. The van der Waals surface area contributed by atoms with E-state index in [2.05, 4.69) is 27.8 Å². The Kier molecular flexibility index (Phi) is 6.80. The number of halogens is 1. The predicted octanol–water partition coefficient (Wildman–Crippen LogP) is 1.47. The molecule has 0 saturated carbocycles. The van der Waals surface area contributed by atoms with E-state index in [1.807, 2.05) is 4.90 Å². The van der Waals surface area contributed by atoms with Gasteiger partial charge in [-0.25, -0.2) is 9.59 Å². The van der Waals surface area contributed by atoms with Crippen molar-refractivity contribution in [1.82, 2.24) is 9.13 Å². The first-order valence-corrected chi connectivity index (χ1v) is 10.4. The molecule has 1 saturated heterocycles. The van der Waals surface area contributed by atoms with Gasteiger partial charge in [0.1, 0.15) is 5.82 Å². The molecular formula is C21H23BrN4O4. The molecule has 0 bridgehead atoms. The van der Waals surface area contributed by atoms with Gasteiger partial charge >= 0.3 is 11.7 Å². The normalized spacial score (nSPS) is 16.1. The molecule has 3 N–H and O–H groups in total. The van der Waals surface area contributed by atoms with Crippen LogP contribution in [0, 0.1) is 11.8 Å². The summed E-state index contributed by atoms with van der Waals surface area (Å²) in [5, 5.41) is 9.31. The molecule has 0 radical (unpaired) electrons. The van der Waals surface area contributed by atoms with Crippen LogP contribution in [0.3, 0.4) is 0 Å². The van der Waals surface area contributed by atoms with E-state index in [0.717, 1.165) is 17.4 Å². The quantitative estimate of drug-likeness (QED) is 0.634. The van der Waals surface area contributed by atoms with Gasteiger partial charge in [0.05, 0.1) is 18.7 Å². The summed E-state index contributed by atoms with van der Waals surface area (Å²) in [7, 11) is 0. The number of carbonyl (C=O) groups is 1. The molecule has 1 fully saturated rings. The van der Waals surface area contributed by atoms with Crippen LogP contribution in [0.15, 0.2) is 38.3 Å². The van der Waals surface area contributed by atoms with Crippen molar-refractivity contribution < 1.29 is 9.90 Å². The fourth-order valence-electron chi connectivity index (χ4n) is 3.57. The van der Waals surface area contributed by atoms with Gasteiger partial charge in [-0.05, 0) is 47.3 Å². The molecule has 9 heteroatoms. The van der Waals surface area contributed by atoms with E-state index in [-0.39, 0.29) is 24.7 Å². The lowest BCUT2D eigenvalue weighted by atomic mass is 10.1. The third-order valence-electron chi connectivity index (χ3n) is 5.09. The van der Waals surface area contributed by atoms with Gasteiger partial charge in [0, 0.05) is 29.7 Å². The van der Waals surface area contributed by atoms with Crippen LogP contribution >= 0.6 is 15.9 Å². The van der Waals surface area contributed by atoms with Crippen LogP contribution in [0.2, 0.25) is 0 Å². The van der Waals surface area contributed by atoms with E-state index in [1.165, 1.54) is 16.7 Å². The molecule has 1 aliphatic rings. The molecule has 0 unspecified atom stereocenters. The number of anilines is 1. The Labute approximate surface area is 182 Å². The molecule has 0 spiro atoms. The maximum atomic E-state index is 13.2. The Morgan fingerprint density at radius 1 is 1.33 bits per heavy atom. The van der Waals surface area contributed by atoms with Gasteiger partial charge in [-0.2, -0.15) is 0 Å². The number of piperidine rings is 1. The van der Waals surface area contributed by atoms with Gasteiger partial charge in [-0.1, -0.05) is 18.1 Å². The van der Waals surface area contributed by atoms with Crippen molar-refractivity contribution in [3.05, 3.63) is 60.7 Å². The average molecular weight is 475 g/mol. The maximum absolute atomic E-state index is 13.2. The number of aromatic nitrogens is 2. The summed E-state index contributed by atoms with van der Waals surface area (Å²) in [5.41, 5.74) is 5.72. The number of rotatable bonds is 5. The zero-order chi connectivity index (χ0) is 21.8. The lowest BCUT2D eigenvalue weighted by molar-refractivity contribution is 0.0695. The Hall–Kier alpha value is -2.83. The molecule has 1 aromatic heterocycles. The topological polar surface area (TPSA) is 111 Å². The number of hydrogen-bond donors (Lipinski definition) is 2. The molecule has 30 heavy (non-hydrogen) atoms. The Bertz CT molecular complexity index is 1140. The molecule has 3 rings (SSSR count). The van der Waals surface area contributed by atoms with Gasteiger partial charge in [0.25, 0.3) is 5.56 Å². The minimum Gasteiger partial charge on any atom is -0.478 e. The number of hydrogen-bond acceptors (Lipinski definition) is 5. The van der Waals surface area contributed by atoms with Crippen LogP contribution in [0.25, 0.3) is 0 Å². The molecule has 158 valence electrons. The number of aromatic carboxylic acids is 1. The fourth-order valence-corrected chi connectivity index (χ4v) is 4.13. The first-order valence-electron chi connectivity index (χ1n) is 9.59. The summed E-state index contributed by atoms with van der Waals surface area (Å²) < 4.78 is 2.91. The second-order valence-electron chi connectivity index (χ2n) is 7.15. The van der Waals surface area contributed by atoms with E-state index in [4.69, 9.17) is 5.73 Å². The lowest BCUT2D eigenvalue weighted by Crippen LogP contribution is -2.48. The minimum absolute atomic E-state index is 0.0169. The van der Waals surface area contributed by atoms with Crippen LogP contribution in [0.1, 0.15) is 35.7 Å². The zero-order valence-corrected chi connectivity index (χ0v) is 18.2. The van der Waals surface area contributed by atoms with E-state index >= 15 is 0 Å². The number of nitrogens with zero attached hydrogens (tertiary/aromatic N) is 3. The van der Waals surface area contributed by atoms with Crippen LogP contribution in [-0.4, -0.2) is 39.3 Å². The third kappa shape index (κ3) is 4.50. The van der Waals surface area contributed by atoms with Crippen molar-refractivity contribution in [2.24, 2.45) is 5.73 Å². The predicted molar refractivity (Wildman–Crippen MR) is 118 cm³/mol. The first-order chi connectivity index (χ1) is 14.3. The zero-order valence-electron chi connectivity index (χ0n) is 16.6. The number of nitrogens with two attached hydrogens (primary N) is 1. The SMILES string of the molecule is CC#CCn1c(N2CCC[C@@H](N)C2)cc(=O)n(Cc2cccc(C(=O)O)c2Br)c1=O. The number of benzene rings is 1. The van der Waals surface area contributed by atoms with Crippen molar-refractivity contribution in [2.75, 3.05) is 18.0 Å². The minimum atomic E-state index is -1.09. The highest BCUT2D eigenvalue weighted by Gasteiger charge is 2.22. The Morgan fingerprint density at radius 2 is 2.10 bits per heavy atom. The van der Waals surface area contributed by atoms with Gasteiger partial charge in [-0.15, -0.1) is 5.92 Å². The van der Waals surface area contributed by atoms with Crippen molar-refractivity contribution in [2.45, 2.75) is 38.9 Å². The van der Waals surface area contributed by atoms with Crippen molar-refractivity contribution in [3.63, 3.8) is 0 Å².